The zero-order chi connectivity index (χ0) is 12.3. The highest BCUT2D eigenvalue weighted by Gasteiger charge is 2.07. The van der Waals surface area contributed by atoms with Crippen LogP contribution < -0.4 is 5.32 Å². The van der Waals surface area contributed by atoms with E-state index in [1.165, 1.54) is 11.5 Å². The number of hydrogen-bond donors (Lipinski definition) is 1. The van der Waals surface area contributed by atoms with Gasteiger partial charge in [0.1, 0.15) is 5.82 Å². The van der Waals surface area contributed by atoms with Crippen LogP contribution in [0.2, 0.25) is 0 Å². The van der Waals surface area contributed by atoms with Gasteiger partial charge in [-0.25, -0.2) is 4.98 Å². The van der Waals surface area contributed by atoms with Crippen LogP contribution in [0, 0.1) is 6.92 Å². The molecule has 0 saturated heterocycles. The smallest absolute Gasteiger partial charge is 0.228 e. The van der Waals surface area contributed by atoms with Crippen LogP contribution >= 0.6 is 11.5 Å². The Kier molecular flexibility index (Phi) is 3.68. The number of aromatic nitrogens is 4. The summed E-state index contributed by atoms with van der Waals surface area (Å²) in [6.45, 7) is 6.68. The van der Waals surface area contributed by atoms with Crippen LogP contribution in [0.3, 0.4) is 0 Å². The fraction of sp³-hybridized carbons (Fsp3) is 0.600. The van der Waals surface area contributed by atoms with Crippen molar-refractivity contribution in [1.29, 1.82) is 0 Å². The molecule has 2 aromatic heterocycles. The second-order valence-electron chi connectivity index (χ2n) is 4.02. The van der Waals surface area contributed by atoms with Crippen molar-refractivity contribution in [3.63, 3.8) is 0 Å². The Morgan fingerprint density at radius 1 is 1.35 bits per heavy atom. The Hall–Kier alpha value is -1.50. The Labute approximate surface area is 104 Å². The van der Waals surface area contributed by atoms with Gasteiger partial charge in [-0.3, -0.25) is 0 Å². The molecule has 2 heterocycles. The fourth-order valence-corrected chi connectivity index (χ4v) is 1.99. The van der Waals surface area contributed by atoms with E-state index in [0.29, 0.717) is 30.6 Å². The second kappa shape index (κ2) is 5.22. The first kappa shape index (κ1) is 12.0. The number of aryl methyl sites for hydroxylation is 1. The van der Waals surface area contributed by atoms with Gasteiger partial charge < -0.3 is 9.84 Å². The van der Waals surface area contributed by atoms with Gasteiger partial charge in [0, 0.05) is 30.4 Å². The molecule has 0 saturated carbocycles. The Morgan fingerprint density at radius 3 is 2.76 bits per heavy atom. The van der Waals surface area contributed by atoms with Crippen molar-refractivity contribution in [2.24, 2.45) is 0 Å². The van der Waals surface area contributed by atoms with Crippen LogP contribution in [0.4, 0.5) is 5.13 Å². The largest absolute Gasteiger partial charge is 0.360 e. The van der Waals surface area contributed by atoms with E-state index in [1.54, 1.807) is 6.92 Å². The van der Waals surface area contributed by atoms with Gasteiger partial charge in [0.05, 0.1) is 0 Å². The predicted molar refractivity (Wildman–Crippen MR) is 65.2 cm³/mol. The summed E-state index contributed by atoms with van der Waals surface area (Å²) in [5.41, 5.74) is 0. The zero-order valence-electron chi connectivity index (χ0n) is 10.1. The monoisotopic (exact) mass is 253 g/mol. The predicted octanol–water partition coefficient (Wildman–Crippen LogP) is 2.01. The molecule has 0 aromatic carbocycles. The van der Waals surface area contributed by atoms with Gasteiger partial charge in [0.2, 0.25) is 11.0 Å². The van der Waals surface area contributed by atoms with E-state index in [9.17, 15) is 0 Å². The maximum atomic E-state index is 5.01. The summed E-state index contributed by atoms with van der Waals surface area (Å²) in [5, 5.41) is 7.76. The second-order valence-corrected chi connectivity index (χ2v) is 4.78. The van der Waals surface area contributed by atoms with Crippen LogP contribution in [0.25, 0.3) is 0 Å². The Balaban J connectivity index is 1.81. The van der Waals surface area contributed by atoms with Gasteiger partial charge in [-0.05, 0) is 6.92 Å². The maximum Gasteiger partial charge on any atom is 0.228 e. The first-order chi connectivity index (χ1) is 8.15. The van der Waals surface area contributed by atoms with Crippen LogP contribution in [0.1, 0.15) is 37.3 Å². The summed E-state index contributed by atoms with van der Waals surface area (Å²) in [4.78, 5) is 8.50. The van der Waals surface area contributed by atoms with Crippen LogP contribution in [0.5, 0.6) is 0 Å². The Bertz CT molecular complexity index is 479. The van der Waals surface area contributed by atoms with Gasteiger partial charge in [-0.15, -0.1) is 0 Å². The van der Waals surface area contributed by atoms with E-state index in [2.05, 4.69) is 38.7 Å². The van der Waals surface area contributed by atoms with Gasteiger partial charge in [0.15, 0.2) is 5.82 Å². The lowest BCUT2D eigenvalue weighted by molar-refractivity contribution is 0.377. The van der Waals surface area contributed by atoms with E-state index in [-0.39, 0.29) is 0 Å². The van der Waals surface area contributed by atoms with Gasteiger partial charge in [-0.2, -0.15) is 9.36 Å². The van der Waals surface area contributed by atoms with Crippen LogP contribution in [-0.2, 0) is 6.42 Å². The molecule has 6 nitrogen and oxygen atoms in total. The minimum absolute atomic E-state index is 0.361. The molecule has 0 atom stereocenters. The fourth-order valence-electron chi connectivity index (χ4n) is 1.26. The molecule has 92 valence electrons. The number of nitrogens with one attached hydrogen (secondary N) is 1. The lowest BCUT2D eigenvalue weighted by Gasteiger charge is -1.98. The number of anilines is 1. The van der Waals surface area contributed by atoms with Crippen molar-refractivity contribution in [3.05, 3.63) is 17.5 Å². The van der Waals surface area contributed by atoms with Gasteiger partial charge in [0.25, 0.3) is 0 Å². The molecule has 0 aliphatic rings. The molecule has 0 unspecified atom stereocenters. The van der Waals surface area contributed by atoms with Crippen LogP contribution in [-0.4, -0.2) is 26.0 Å². The molecule has 2 aromatic rings. The third kappa shape index (κ3) is 3.23. The molecule has 1 N–H and O–H groups in total. The molecule has 2 rings (SSSR count). The van der Waals surface area contributed by atoms with Crippen molar-refractivity contribution in [2.75, 3.05) is 11.9 Å². The summed E-state index contributed by atoms with van der Waals surface area (Å²) in [6, 6.07) is 0. The summed E-state index contributed by atoms with van der Waals surface area (Å²) in [7, 11) is 0. The highest BCUT2D eigenvalue weighted by atomic mass is 32.1. The highest BCUT2D eigenvalue weighted by Crippen LogP contribution is 2.17. The van der Waals surface area contributed by atoms with Crippen molar-refractivity contribution >= 4 is 16.7 Å². The molecule has 0 radical (unpaired) electrons. The summed E-state index contributed by atoms with van der Waals surface area (Å²) >= 11 is 1.38. The molecule has 7 heteroatoms. The van der Waals surface area contributed by atoms with E-state index in [4.69, 9.17) is 4.52 Å². The standard InChI is InChI=1S/C10H15N5OS/c1-6(2)9-13-10(17-15-9)11-5-4-8-12-7(3)14-16-8/h6H,4-5H2,1-3H3,(H,11,13,15). The molecule has 0 fully saturated rings. The molecule has 0 aliphatic heterocycles. The van der Waals surface area contributed by atoms with Crippen molar-refractivity contribution in [2.45, 2.75) is 33.1 Å². The first-order valence-corrected chi connectivity index (χ1v) is 6.29. The summed E-state index contributed by atoms with van der Waals surface area (Å²) < 4.78 is 9.27. The first-order valence-electron chi connectivity index (χ1n) is 5.52. The SMILES string of the molecule is Cc1noc(CCNc2nc(C(C)C)ns2)n1. The third-order valence-electron chi connectivity index (χ3n) is 2.14. The third-order valence-corrected chi connectivity index (χ3v) is 2.83. The highest BCUT2D eigenvalue weighted by molar-refractivity contribution is 7.09. The minimum atomic E-state index is 0.361. The molecule has 0 bridgehead atoms. The quantitative estimate of drug-likeness (QED) is 0.878. The molecule has 0 spiro atoms. The number of rotatable bonds is 5. The number of hydrogen-bond acceptors (Lipinski definition) is 7. The van der Waals surface area contributed by atoms with E-state index >= 15 is 0 Å². The summed E-state index contributed by atoms with van der Waals surface area (Å²) in [6.07, 6.45) is 0.692. The normalized spacial score (nSPS) is 11.1. The maximum absolute atomic E-state index is 5.01. The molecule has 0 amide bonds. The van der Waals surface area contributed by atoms with Crippen molar-refractivity contribution < 1.29 is 4.52 Å². The zero-order valence-corrected chi connectivity index (χ0v) is 10.9. The van der Waals surface area contributed by atoms with E-state index in [0.717, 1.165) is 11.0 Å². The lowest BCUT2D eigenvalue weighted by Crippen LogP contribution is -2.05. The number of nitrogens with zero attached hydrogens (tertiary/aromatic N) is 4. The molecular weight excluding hydrogens is 238 g/mol. The van der Waals surface area contributed by atoms with E-state index in [1.807, 2.05) is 0 Å². The lowest BCUT2D eigenvalue weighted by atomic mass is 10.2. The topological polar surface area (TPSA) is 76.7 Å². The van der Waals surface area contributed by atoms with Crippen molar-refractivity contribution in [1.82, 2.24) is 19.5 Å². The van der Waals surface area contributed by atoms with E-state index < -0.39 is 0 Å². The van der Waals surface area contributed by atoms with Gasteiger partial charge >= 0.3 is 0 Å². The van der Waals surface area contributed by atoms with Gasteiger partial charge in [-0.1, -0.05) is 19.0 Å². The Morgan fingerprint density at radius 2 is 2.18 bits per heavy atom. The van der Waals surface area contributed by atoms with Crippen LogP contribution in [0.15, 0.2) is 4.52 Å². The average molecular weight is 253 g/mol. The average Bonchev–Trinajstić information content (AvgIpc) is 2.88. The summed E-state index contributed by atoms with van der Waals surface area (Å²) in [5.74, 6) is 2.55. The molecule has 0 aliphatic carbocycles. The minimum Gasteiger partial charge on any atom is -0.360 e. The molecular formula is C10H15N5OS. The molecule has 17 heavy (non-hydrogen) atoms. The van der Waals surface area contributed by atoms with Crippen molar-refractivity contribution in [3.8, 4) is 0 Å².